The molecule has 0 saturated carbocycles. The summed E-state index contributed by atoms with van der Waals surface area (Å²) in [7, 11) is 0. The van der Waals surface area contributed by atoms with Gasteiger partial charge in [-0.2, -0.15) is 9.97 Å². The number of benzene rings is 1. The molecule has 0 bridgehead atoms. The Morgan fingerprint density at radius 3 is 2.50 bits per heavy atom. The number of rotatable bonds is 5. The summed E-state index contributed by atoms with van der Waals surface area (Å²) in [6.45, 7) is 6.43. The maximum Gasteiger partial charge on any atom is 0.353 e. The van der Waals surface area contributed by atoms with Crippen LogP contribution in [0.1, 0.15) is 25.8 Å². The fourth-order valence-corrected chi connectivity index (χ4v) is 3.51. The lowest BCUT2D eigenvalue weighted by Crippen LogP contribution is -2.39. The Labute approximate surface area is 152 Å². The fraction of sp³-hybridized carbons (Fsp3) is 0.444. The Balaban J connectivity index is 1.90. The maximum atomic E-state index is 11.4. The molecular formula is C18H24N6O2. The van der Waals surface area contributed by atoms with Gasteiger partial charge in [0.2, 0.25) is 17.6 Å². The van der Waals surface area contributed by atoms with Crippen molar-refractivity contribution in [3.8, 4) is 0 Å². The number of aromatic nitrogens is 2. The lowest BCUT2D eigenvalue weighted by molar-refractivity contribution is -0.383. The highest BCUT2D eigenvalue weighted by atomic mass is 16.6. The van der Waals surface area contributed by atoms with E-state index in [1.807, 2.05) is 30.3 Å². The molecule has 0 aliphatic carbocycles. The summed E-state index contributed by atoms with van der Waals surface area (Å²) < 4.78 is 0. The van der Waals surface area contributed by atoms with Crippen molar-refractivity contribution in [3.05, 3.63) is 46.0 Å². The van der Waals surface area contributed by atoms with Crippen molar-refractivity contribution in [1.29, 1.82) is 0 Å². The Morgan fingerprint density at radius 2 is 1.88 bits per heavy atom. The second-order valence-electron chi connectivity index (χ2n) is 7.05. The Kier molecular flexibility index (Phi) is 5.20. The van der Waals surface area contributed by atoms with Gasteiger partial charge in [0.25, 0.3) is 0 Å². The van der Waals surface area contributed by atoms with Crippen LogP contribution in [0.3, 0.4) is 0 Å². The SMILES string of the molecule is CC1CC(C)CN(c2nc(N)c([N+](=O)[O-])c(NCc3ccccc3)n2)C1. The van der Waals surface area contributed by atoms with Gasteiger partial charge in [-0.1, -0.05) is 44.2 Å². The molecule has 0 radical (unpaired) electrons. The topological polar surface area (TPSA) is 110 Å². The molecule has 1 aliphatic heterocycles. The normalized spacial score (nSPS) is 20.0. The highest BCUT2D eigenvalue weighted by molar-refractivity contribution is 5.70. The number of hydrogen-bond acceptors (Lipinski definition) is 7. The average Bonchev–Trinajstić information content (AvgIpc) is 2.59. The van der Waals surface area contributed by atoms with E-state index in [0.29, 0.717) is 24.3 Å². The van der Waals surface area contributed by atoms with E-state index in [9.17, 15) is 10.1 Å². The van der Waals surface area contributed by atoms with E-state index in [1.54, 1.807) is 0 Å². The molecule has 1 aromatic heterocycles. The first-order chi connectivity index (χ1) is 12.4. The standard InChI is InChI=1S/C18H24N6O2/c1-12-8-13(2)11-23(10-12)18-21-16(19)15(24(25)26)17(22-18)20-9-14-6-4-3-5-7-14/h3-7,12-13H,8-11H2,1-2H3,(H3,19,20,21,22). The van der Waals surface area contributed by atoms with Gasteiger partial charge >= 0.3 is 5.69 Å². The highest BCUT2D eigenvalue weighted by Crippen LogP contribution is 2.32. The number of nitrogens with two attached hydrogens (primary N) is 1. The summed E-state index contributed by atoms with van der Waals surface area (Å²) in [5.41, 5.74) is 6.63. The first kappa shape index (κ1) is 17.9. The molecule has 0 spiro atoms. The van der Waals surface area contributed by atoms with Crippen molar-refractivity contribution in [2.24, 2.45) is 11.8 Å². The predicted molar refractivity (Wildman–Crippen MR) is 102 cm³/mol. The molecule has 138 valence electrons. The van der Waals surface area contributed by atoms with Gasteiger partial charge in [0.1, 0.15) is 0 Å². The lowest BCUT2D eigenvalue weighted by atomic mass is 9.92. The number of nitrogens with zero attached hydrogens (tertiary/aromatic N) is 4. The molecule has 3 rings (SSSR count). The van der Waals surface area contributed by atoms with Crippen molar-refractivity contribution in [1.82, 2.24) is 9.97 Å². The molecule has 1 saturated heterocycles. The van der Waals surface area contributed by atoms with Gasteiger partial charge in [-0.05, 0) is 23.8 Å². The summed E-state index contributed by atoms with van der Waals surface area (Å²) in [5, 5.41) is 14.5. The van der Waals surface area contributed by atoms with Gasteiger partial charge in [-0.25, -0.2) is 0 Å². The zero-order chi connectivity index (χ0) is 18.7. The molecule has 0 amide bonds. The largest absolute Gasteiger partial charge is 0.378 e. The minimum absolute atomic E-state index is 0.110. The number of nitrogens with one attached hydrogen (secondary N) is 1. The van der Waals surface area contributed by atoms with Crippen LogP contribution in [0.15, 0.2) is 30.3 Å². The van der Waals surface area contributed by atoms with Crippen molar-refractivity contribution < 1.29 is 4.92 Å². The number of nitro groups is 1. The van der Waals surface area contributed by atoms with E-state index in [-0.39, 0.29) is 17.3 Å². The quantitative estimate of drug-likeness (QED) is 0.625. The second kappa shape index (κ2) is 7.55. The minimum atomic E-state index is -0.534. The molecule has 3 N–H and O–H groups in total. The van der Waals surface area contributed by atoms with E-state index in [2.05, 4.69) is 34.0 Å². The van der Waals surface area contributed by atoms with Crippen molar-refractivity contribution in [2.75, 3.05) is 29.0 Å². The zero-order valence-electron chi connectivity index (χ0n) is 15.1. The molecule has 26 heavy (non-hydrogen) atoms. The summed E-state index contributed by atoms with van der Waals surface area (Å²) in [4.78, 5) is 21.6. The third kappa shape index (κ3) is 4.01. The van der Waals surface area contributed by atoms with Crippen LogP contribution in [-0.2, 0) is 6.54 Å². The molecule has 8 heteroatoms. The van der Waals surface area contributed by atoms with E-state index in [4.69, 9.17) is 5.73 Å². The molecule has 2 unspecified atom stereocenters. The van der Waals surface area contributed by atoms with E-state index >= 15 is 0 Å². The summed E-state index contributed by atoms with van der Waals surface area (Å²) in [6, 6.07) is 9.64. The lowest BCUT2D eigenvalue weighted by Gasteiger charge is -2.35. The fourth-order valence-electron chi connectivity index (χ4n) is 3.51. The summed E-state index contributed by atoms with van der Waals surface area (Å²) in [5.74, 6) is 1.52. The average molecular weight is 356 g/mol. The van der Waals surface area contributed by atoms with Gasteiger partial charge in [0.05, 0.1) is 4.92 Å². The van der Waals surface area contributed by atoms with Crippen LogP contribution < -0.4 is 16.0 Å². The Morgan fingerprint density at radius 1 is 1.23 bits per heavy atom. The third-order valence-corrected chi connectivity index (χ3v) is 4.54. The van der Waals surface area contributed by atoms with E-state index in [1.165, 1.54) is 0 Å². The van der Waals surface area contributed by atoms with E-state index in [0.717, 1.165) is 25.1 Å². The Hall–Kier alpha value is -2.90. The van der Waals surface area contributed by atoms with Crippen LogP contribution in [-0.4, -0.2) is 28.0 Å². The molecular weight excluding hydrogens is 332 g/mol. The van der Waals surface area contributed by atoms with Crippen LogP contribution in [0.4, 0.5) is 23.3 Å². The minimum Gasteiger partial charge on any atom is -0.378 e. The van der Waals surface area contributed by atoms with Crippen molar-refractivity contribution >= 4 is 23.3 Å². The molecule has 2 aromatic rings. The van der Waals surface area contributed by atoms with Gasteiger partial charge in [0, 0.05) is 19.6 Å². The van der Waals surface area contributed by atoms with Gasteiger partial charge in [-0.15, -0.1) is 0 Å². The molecule has 1 fully saturated rings. The smallest absolute Gasteiger partial charge is 0.353 e. The molecule has 1 aromatic carbocycles. The number of nitrogen functional groups attached to an aromatic ring is 1. The van der Waals surface area contributed by atoms with Crippen molar-refractivity contribution in [2.45, 2.75) is 26.8 Å². The van der Waals surface area contributed by atoms with Crippen LogP contribution in [0, 0.1) is 22.0 Å². The van der Waals surface area contributed by atoms with Gasteiger partial charge in [-0.3, -0.25) is 10.1 Å². The van der Waals surface area contributed by atoms with Crippen LogP contribution in [0.5, 0.6) is 0 Å². The predicted octanol–water partition coefficient (Wildman–Crippen LogP) is 3.06. The van der Waals surface area contributed by atoms with E-state index < -0.39 is 4.92 Å². The first-order valence-electron chi connectivity index (χ1n) is 8.78. The van der Waals surface area contributed by atoms with Crippen LogP contribution in [0.25, 0.3) is 0 Å². The van der Waals surface area contributed by atoms with Gasteiger partial charge < -0.3 is 16.0 Å². The monoisotopic (exact) mass is 356 g/mol. The van der Waals surface area contributed by atoms with Crippen LogP contribution >= 0.6 is 0 Å². The third-order valence-electron chi connectivity index (χ3n) is 4.54. The number of hydrogen-bond donors (Lipinski definition) is 2. The summed E-state index contributed by atoms with van der Waals surface area (Å²) >= 11 is 0. The number of anilines is 3. The molecule has 2 atom stereocenters. The zero-order valence-corrected chi connectivity index (χ0v) is 15.1. The van der Waals surface area contributed by atoms with Gasteiger partial charge in [0.15, 0.2) is 0 Å². The molecule has 1 aliphatic rings. The Bertz CT molecular complexity index is 773. The molecule has 8 nitrogen and oxygen atoms in total. The number of piperidine rings is 1. The second-order valence-corrected chi connectivity index (χ2v) is 7.05. The van der Waals surface area contributed by atoms with Crippen molar-refractivity contribution in [3.63, 3.8) is 0 Å². The first-order valence-corrected chi connectivity index (χ1v) is 8.78. The highest BCUT2D eigenvalue weighted by Gasteiger charge is 2.28. The summed E-state index contributed by atoms with van der Waals surface area (Å²) in [6.07, 6.45) is 1.15. The van der Waals surface area contributed by atoms with Crippen LogP contribution in [0.2, 0.25) is 0 Å². The molecule has 2 heterocycles. The maximum absolute atomic E-state index is 11.4.